The maximum atomic E-state index is 13.2. The summed E-state index contributed by atoms with van der Waals surface area (Å²) in [5.41, 5.74) is 1.83. The summed E-state index contributed by atoms with van der Waals surface area (Å²) >= 11 is 0. The van der Waals surface area contributed by atoms with Crippen molar-refractivity contribution >= 4 is 15.9 Å². The van der Waals surface area contributed by atoms with E-state index in [2.05, 4.69) is 0 Å². The molecule has 0 spiro atoms. The van der Waals surface area contributed by atoms with E-state index in [9.17, 15) is 17.6 Å². The van der Waals surface area contributed by atoms with Crippen LogP contribution in [0.25, 0.3) is 0 Å². The number of aryl methyl sites for hydroxylation is 1. The summed E-state index contributed by atoms with van der Waals surface area (Å²) in [6.45, 7) is 7.89. The van der Waals surface area contributed by atoms with Crippen LogP contribution in [0.3, 0.4) is 0 Å². The van der Waals surface area contributed by atoms with Gasteiger partial charge in [0.25, 0.3) is 5.91 Å². The molecule has 2 rings (SSSR count). The first-order valence-electron chi connectivity index (χ1n) is 9.26. The number of hydrogen-bond acceptors (Lipinski definition) is 3. The Kier molecular flexibility index (Phi) is 6.96. The molecule has 28 heavy (non-hydrogen) atoms. The lowest BCUT2D eigenvalue weighted by Gasteiger charge is -2.26. The topological polar surface area (TPSA) is 57.7 Å². The van der Waals surface area contributed by atoms with E-state index in [1.54, 1.807) is 46.0 Å². The van der Waals surface area contributed by atoms with Gasteiger partial charge in [0.05, 0.1) is 10.9 Å². The van der Waals surface area contributed by atoms with Crippen molar-refractivity contribution in [1.82, 2.24) is 9.21 Å². The predicted molar refractivity (Wildman–Crippen MR) is 108 cm³/mol. The first-order chi connectivity index (χ1) is 13.1. The van der Waals surface area contributed by atoms with Crippen molar-refractivity contribution in [2.24, 2.45) is 0 Å². The number of rotatable bonds is 7. The quantitative estimate of drug-likeness (QED) is 0.698. The molecule has 0 aliphatic rings. The Morgan fingerprint density at radius 3 is 2.18 bits per heavy atom. The van der Waals surface area contributed by atoms with Crippen molar-refractivity contribution < 1.29 is 17.6 Å². The zero-order chi connectivity index (χ0) is 21.1. The van der Waals surface area contributed by atoms with Crippen LogP contribution in [0.5, 0.6) is 0 Å². The molecule has 1 amide bonds. The summed E-state index contributed by atoms with van der Waals surface area (Å²) in [5, 5.41) is 0. The van der Waals surface area contributed by atoms with Crippen LogP contribution in [0.1, 0.15) is 48.3 Å². The van der Waals surface area contributed by atoms with E-state index in [4.69, 9.17) is 0 Å². The SMILES string of the molecule is CCN(CC)S(=O)(=O)c1ccc(C)c(C(=O)N(C)C(C)c2ccc(F)cc2)c1. The number of benzene rings is 2. The first kappa shape index (κ1) is 22.0. The molecular weight excluding hydrogens is 379 g/mol. The van der Waals surface area contributed by atoms with Crippen molar-refractivity contribution in [2.75, 3.05) is 20.1 Å². The van der Waals surface area contributed by atoms with Crippen LogP contribution >= 0.6 is 0 Å². The molecule has 2 aromatic carbocycles. The largest absolute Gasteiger partial charge is 0.335 e. The summed E-state index contributed by atoms with van der Waals surface area (Å²) in [6.07, 6.45) is 0. The van der Waals surface area contributed by atoms with Crippen molar-refractivity contribution in [3.05, 3.63) is 65.0 Å². The third-order valence-corrected chi connectivity index (χ3v) is 7.08. The van der Waals surface area contributed by atoms with Crippen molar-refractivity contribution in [3.8, 4) is 0 Å². The van der Waals surface area contributed by atoms with Crippen LogP contribution in [0.4, 0.5) is 4.39 Å². The maximum Gasteiger partial charge on any atom is 0.254 e. The van der Waals surface area contributed by atoms with E-state index >= 15 is 0 Å². The third-order valence-electron chi connectivity index (χ3n) is 5.04. The highest BCUT2D eigenvalue weighted by molar-refractivity contribution is 7.89. The number of carbonyl (C=O) groups excluding carboxylic acids is 1. The van der Waals surface area contributed by atoms with Crippen molar-refractivity contribution in [3.63, 3.8) is 0 Å². The van der Waals surface area contributed by atoms with Gasteiger partial charge >= 0.3 is 0 Å². The van der Waals surface area contributed by atoms with Crippen LogP contribution in [-0.4, -0.2) is 43.7 Å². The molecule has 0 bridgehead atoms. The summed E-state index contributed by atoms with van der Waals surface area (Å²) in [5.74, 6) is -0.624. The number of sulfonamides is 1. The highest BCUT2D eigenvalue weighted by Gasteiger charge is 2.25. The minimum absolute atomic E-state index is 0.105. The van der Waals surface area contributed by atoms with Crippen molar-refractivity contribution in [1.29, 1.82) is 0 Å². The van der Waals surface area contributed by atoms with Crippen molar-refractivity contribution in [2.45, 2.75) is 38.6 Å². The van der Waals surface area contributed by atoms with Gasteiger partial charge in [-0.3, -0.25) is 4.79 Å². The fourth-order valence-electron chi connectivity index (χ4n) is 3.04. The van der Waals surface area contributed by atoms with Gasteiger partial charge in [0.2, 0.25) is 10.0 Å². The molecule has 0 heterocycles. The molecule has 2 aromatic rings. The van der Waals surface area contributed by atoms with Gasteiger partial charge < -0.3 is 4.90 Å². The van der Waals surface area contributed by atoms with Gasteiger partial charge in [-0.1, -0.05) is 32.0 Å². The number of hydrogen-bond donors (Lipinski definition) is 0. The third kappa shape index (κ3) is 4.42. The lowest BCUT2D eigenvalue weighted by atomic mass is 10.0. The number of carbonyl (C=O) groups is 1. The lowest BCUT2D eigenvalue weighted by molar-refractivity contribution is 0.0741. The fourth-order valence-corrected chi connectivity index (χ4v) is 4.52. The number of nitrogens with zero attached hydrogens (tertiary/aromatic N) is 2. The molecule has 0 saturated heterocycles. The normalized spacial score (nSPS) is 12.8. The molecule has 5 nitrogen and oxygen atoms in total. The molecule has 0 saturated carbocycles. The van der Waals surface area contributed by atoms with E-state index in [1.807, 2.05) is 6.92 Å². The molecule has 0 aliphatic heterocycles. The molecule has 0 radical (unpaired) electrons. The van der Waals surface area contributed by atoms with Gasteiger partial charge in [-0.05, 0) is 49.2 Å². The summed E-state index contributed by atoms with van der Waals surface area (Å²) in [4.78, 5) is 14.7. The highest BCUT2D eigenvalue weighted by Crippen LogP contribution is 2.25. The molecule has 1 unspecified atom stereocenters. The van der Waals surface area contributed by atoms with Gasteiger partial charge in [-0.2, -0.15) is 4.31 Å². The molecule has 0 aromatic heterocycles. The van der Waals surface area contributed by atoms with E-state index in [0.29, 0.717) is 24.2 Å². The molecule has 152 valence electrons. The van der Waals surface area contributed by atoms with E-state index in [-0.39, 0.29) is 22.7 Å². The zero-order valence-electron chi connectivity index (χ0n) is 16.9. The number of amides is 1. The minimum atomic E-state index is -3.66. The summed E-state index contributed by atoms with van der Waals surface area (Å²) in [6, 6.07) is 10.3. The Balaban J connectivity index is 2.38. The Morgan fingerprint density at radius 2 is 1.64 bits per heavy atom. The van der Waals surface area contributed by atoms with Gasteiger partial charge in [0.1, 0.15) is 5.82 Å². The van der Waals surface area contributed by atoms with Gasteiger partial charge in [-0.15, -0.1) is 0 Å². The average molecular weight is 407 g/mol. The van der Waals surface area contributed by atoms with Crippen LogP contribution in [0.15, 0.2) is 47.4 Å². The second-order valence-electron chi connectivity index (χ2n) is 6.71. The van der Waals surface area contributed by atoms with Crippen LogP contribution in [-0.2, 0) is 10.0 Å². The molecule has 0 fully saturated rings. The van der Waals surface area contributed by atoms with Gasteiger partial charge in [-0.25, -0.2) is 12.8 Å². The molecule has 0 aliphatic carbocycles. The Hall–Kier alpha value is -2.25. The standard InChI is InChI=1S/C21H27FN2O3S/c1-6-24(7-2)28(26,27)19-13-8-15(3)20(14-19)21(25)23(5)16(4)17-9-11-18(22)12-10-17/h8-14,16H,6-7H2,1-5H3. The first-order valence-corrected chi connectivity index (χ1v) is 10.7. The minimum Gasteiger partial charge on any atom is -0.335 e. The molecule has 0 N–H and O–H groups in total. The Bertz CT molecular complexity index is 939. The second kappa shape index (κ2) is 8.84. The Labute approximate surface area is 166 Å². The second-order valence-corrected chi connectivity index (χ2v) is 8.65. The summed E-state index contributed by atoms with van der Waals surface area (Å²) in [7, 11) is -2.00. The van der Waals surface area contributed by atoms with Gasteiger partial charge in [0.15, 0.2) is 0 Å². The van der Waals surface area contributed by atoms with E-state index < -0.39 is 10.0 Å². The highest BCUT2D eigenvalue weighted by atomic mass is 32.2. The van der Waals surface area contributed by atoms with Gasteiger partial charge in [0, 0.05) is 25.7 Å². The zero-order valence-corrected chi connectivity index (χ0v) is 17.8. The maximum absolute atomic E-state index is 13.2. The van der Waals surface area contributed by atoms with E-state index in [1.165, 1.54) is 33.5 Å². The summed E-state index contributed by atoms with van der Waals surface area (Å²) < 4.78 is 40.1. The molecule has 1 atom stereocenters. The van der Waals surface area contributed by atoms with Crippen LogP contribution in [0.2, 0.25) is 0 Å². The number of halogens is 1. The van der Waals surface area contributed by atoms with Crippen LogP contribution < -0.4 is 0 Å². The average Bonchev–Trinajstić information content (AvgIpc) is 2.67. The Morgan fingerprint density at radius 1 is 1.07 bits per heavy atom. The van der Waals surface area contributed by atoms with Crippen LogP contribution in [0, 0.1) is 12.7 Å². The smallest absolute Gasteiger partial charge is 0.254 e. The van der Waals surface area contributed by atoms with E-state index in [0.717, 1.165) is 5.56 Å². The molecule has 7 heteroatoms. The fraction of sp³-hybridized carbons (Fsp3) is 0.381. The lowest BCUT2D eigenvalue weighted by Crippen LogP contribution is -2.32. The monoisotopic (exact) mass is 406 g/mol. The molecular formula is C21H27FN2O3S. The predicted octanol–water partition coefficient (Wildman–Crippen LogP) is 4.00.